The highest BCUT2D eigenvalue weighted by Crippen LogP contribution is 2.31. The van der Waals surface area contributed by atoms with Gasteiger partial charge in [0, 0.05) is 25.0 Å². The molecule has 2 rings (SSSR count). The van der Waals surface area contributed by atoms with Crippen molar-refractivity contribution in [2.75, 3.05) is 17.3 Å². The van der Waals surface area contributed by atoms with Crippen LogP contribution in [-0.2, 0) is 4.79 Å². The van der Waals surface area contributed by atoms with E-state index in [0.29, 0.717) is 29.7 Å². The summed E-state index contributed by atoms with van der Waals surface area (Å²) in [6.07, 6.45) is 2.02. The molecular formula is C10H9BrCl2N2O. The first kappa shape index (κ1) is 12.1. The third kappa shape index (κ3) is 2.34. The van der Waals surface area contributed by atoms with E-state index in [0.717, 1.165) is 4.47 Å². The highest BCUT2D eigenvalue weighted by atomic mass is 79.9. The predicted octanol–water partition coefficient (Wildman–Crippen LogP) is 3.09. The molecule has 2 heterocycles. The molecule has 0 N–H and O–H groups in total. The summed E-state index contributed by atoms with van der Waals surface area (Å²) >= 11 is 14.9. The fourth-order valence-corrected chi connectivity index (χ4v) is 2.76. The average molecular weight is 324 g/mol. The molecule has 1 fully saturated rings. The van der Waals surface area contributed by atoms with Crippen LogP contribution in [0.5, 0.6) is 0 Å². The molecular weight excluding hydrogens is 315 g/mol. The zero-order valence-corrected chi connectivity index (χ0v) is 11.4. The van der Waals surface area contributed by atoms with Gasteiger partial charge in [0.15, 0.2) is 0 Å². The summed E-state index contributed by atoms with van der Waals surface area (Å²) in [5.41, 5.74) is 0. The van der Waals surface area contributed by atoms with Crippen LogP contribution in [0.1, 0.15) is 6.42 Å². The van der Waals surface area contributed by atoms with Gasteiger partial charge in [0.25, 0.3) is 0 Å². The lowest BCUT2D eigenvalue weighted by atomic mass is 10.1. The van der Waals surface area contributed by atoms with E-state index in [2.05, 4.69) is 20.9 Å². The molecule has 1 atom stereocenters. The van der Waals surface area contributed by atoms with Gasteiger partial charge in [-0.1, -0.05) is 11.6 Å². The van der Waals surface area contributed by atoms with E-state index in [9.17, 15) is 4.79 Å². The van der Waals surface area contributed by atoms with Crippen LogP contribution in [-0.4, -0.2) is 23.3 Å². The highest BCUT2D eigenvalue weighted by molar-refractivity contribution is 9.10. The molecule has 1 aromatic heterocycles. The van der Waals surface area contributed by atoms with E-state index in [1.165, 1.54) is 6.20 Å². The Bertz CT molecular complexity index is 427. The van der Waals surface area contributed by atoms with Crippen molar-refractivity contribution >= 4 is 50.9 Å². The third-order valence-electron chi connectivity index (χ3n) is 2.47. The number of alkyl halides is 1. The second-order valence-corrected chi connectivity index (χ2v) is 5.29. The van der Waals surface area contributed by atoms with Gasteiger partial charge in [0.1, 0.15) is 5.82 Å². The number of pyridine rings is 1. The summed E-state index contributed by atoms with van der Waals surface area (Å²) in [7, 11) is 0. The molecule has 1 amide bonds. The Hall–Kier alpha value is -0.320. The van der Waals surface area contributed by atoms with Crippen LogP contribution in [0.2, 0.25) is 5.02 Å². The molecule has 1 saturated heterocycles. The average Bonchev–Trinajstić information content (AvgIpc) is 2.60. The van der Waals surface area contributed by atoms with E-state index in [1.807, 2.05) is 0 Å². The number of amides is 1. The van der Waals surface area contributed by atoms with Crippen molar-refractivity contribution in [1.82, 2.24) is 4.98 Å². The molecule has 16 heavy (non-hydrogen) atoms. The Morgan fingerprint density at radius 2 is 2.38 bits per heavy atom. The van der Waals surface area contributed by atoms with Crippen molar-refractivity contribution in [2.24, 2.45) is 5.92 Å². The predicted molar refractivity (Wildman–Crippen MR) is 68.1 cm³/mol. The number of halogens is 3. The van der Waals surface area contributed by atoms with Crippen LogP contribution in [0.15, 0.2) is 16.7 Å². The van der Waals surface area contributed by atoms with Gasteiger partial charge in [-0.15, -0.1) is 11.6 Å². The fourth-order valence-electron chi connectivity index (χ4n) is 1.70. The molecule has 0 aliphatic carbocycles. The van der Waals surface area contributed by atoms with Gasteiger partial charge in [-0.25, -0.2) is 4.98 Å². The van der Waals surface area contributed by atoms with Gasteiger partial charge in [-0.3, -0.25) is 9.69 Å². The van der Waals surface area contributed by atoms with Crippen LogP contribution in [0.3, 0.4) is 0 Å². The molecule has 6 heteroatoms. The molecule has 3 nitrogen and oxygen atoms in total. The minimum absolute atomic E-state index is 0.0566. The van der Waals surface area contributed by atoms with Crippen LogP contribution in [0.25, 0.3) is 0 Å². The monoisotopic (exact) mass is 322 g/mol. The second kappa shape index (κ2) is 4.90. The van der Waals surface area contributed by atoms with E-state index < -0.39 is 0 Å². The number of carbonyl (C=O) groups excluding carboxylic acids is 1. The van der Waals surface area contributed by atoms with E-state index in [1.54, 1.807) is 11.0 Å². The first-order valence-electron chi connectivity index (χ1n) is 4.79. The van der Waals surface area contributed by atoms with Gasteiger partial charge in [0.05, 0.1) is 9.50 Å². The van der Waals surface area contributed by atoms with Crippen molar-refractivity contribution < 1.29 is 4.79 Å². The Morgan fingerprint density at radius 1 is 1.62 bits per heavy atom. The lowest BCUT2D eigenvalue weighted by Crippen LogP contribution is -2.26. The van der Waals surface area contributed by atoms with Crippen LogP contribution in [0.4, 0.5) is 5.82 Å². The molecule has 1 unspecified atom stereocenters. The van der Waals surface area contributed by atoms with E-state index >= 15 is 0 Å². The lowest BCUT2D eigenvalue weighted by Gasteiger charge is -2.16. The number of hydrogen-bond acceptors (Lipinski definition) is 2. The maximum absolute atomic E-state index is 11.8. The molecule has 0 saturated carbocycles. The minimum atomic E-state index is 0.0566. The van der Waals surface area contributed by atoms with Crippen molar-refractivity contribution in [3.63, 3.8) is 0 Å². The van der Waals surface area contributed by atoms with Crippen molar-refractivity contribution in [2.45, 2.75) is 6.42 Å². The largest absolute Gasteiger partial charge is 0.296 e. The number of nitrogens with zero attached hydrogens (tertiary/aromatic N) is 2. The first-order chi connectivity index (χ1) is 7.61. The lowest BCUT2D eigenvalue weighted by molar-refractivity contribution is -0.117. The number of hydrogen-bond donors (Lipinski definition) is 0. The van der Waals surface area contributed by atoms with Gasteiger partial charge in [0.2, 0.25) is 5.91 Å². The topological polar surface area (TPSA) is 33.2 Å². The third-order valence-corrected chi connectivity index (χ3v) is 3.69. The molecule has 0 aromatic carbocycles. The molecule has 86 valence electrons. The van der Waals surface area contributed by atoms with Crippen molar-refractivity contribution in [1.29, 1.82) is 0 Å². The summed E-state index contributed by atoms with van der Waals surface area (Å²) in [6, 6.07) is 1.73. The smallest absolute Gasteiger partial charge is 0.228 e. The van der Waals surface area contributed by atoms with Crippen LogP contribution >= 0.6 is 39.1 Å². The van der Waals surface area contributed by atoms with Crippen LogP contribution in [0, 0.1) is 5.92 Å². The fraction of sp³-hybridized carbons (Fsp3) is 0.400. The molecule has 1 aromatic rings. The second-order valence-electron chi connectivity index (χ2n) is 3.69. The number of aromatic nitrogens is 1. The summed E-state index contributed by atoms with van der Waals surface area (Å²) in [5.74, 6) is 1.37. The Kier molecular flexibility index (Phi) is 3.72. The van der Waals surface area contributed by atoms with Crippen molar-refractivity contribution in [3.8, 4) is 0 Å². The molecule has 0 spiro atoms. The number of anilines is 1. The summed E-state index contributed by atoms with van der Waals surface area (Å²) in [4.78, 5) is 17.6. The number of carbonyl (C=O) groups is 1. The van der Waals surface area contributed by atoms with E-state index in [4.69, 9.17) is 23.2 Å². The standard InChI is InChI=1S/C10H9BrCl2N2O/c11-8-2-7(13)4-14-10(8)15-5-6(3-12)1-9(15)16/h2,4,6H,1,3,5H2. The normalized spacial score (nSPS) is 20.6. The first-order valence-corrected chi connectivity index (χ1v) is 6.49. The summed E-state index contributed by atoms with van der Waals surface area (Å²) in [6.45, 7) is 0.621. The Balaban J connectivity index is 2.28. The molecule has 1 aliphatic rings. The maximum Gasteiger partial charge on any atom is 0.228 e. The quantitative estimate of drug-likeness (QED) is 0.784. The Morgan fingerprint density at radius 3 is 2.94 bits per heavy atom. The maximum atomic E-state index is 11.8. The molecule has 1 aliphatic heterocycles. The van der Waals surface area contributed by atoms with Gasteiger partial charge < -0.3 is 0 Å². The molecule has 0 radical (unpaired) electrons. The van der Waals surface area contributed by atoms with Crippen LogP contribution < -0.4 is 4.90 Å². The summed E-state index contributed by atoms with van der Waals surface area (Å²) in [5, 5.41) is 0.538. The van der Waals surface area contributed by atoms with Gasteiger partial charge in [-0.05, 0) is 27.9 Å². The summed E-state index contributed by atoms with van der Waals surface area (Å²) < 4.78 is 0.726. The SMILES string of the molecule is O=C1CC(CCl)CN1c1ncc(Cl)cc1Br. The highest BCUT2D eigenvalue weighted by Gasteiger charge is 2.31. The number of rotatable bonds is 2. The van der Waals surface area contributed by atoms with Crippen molar-refractivity contribution in [3.05, 3.63) is 21.8 Å². The van der Waals surface area contributed by atoms with Gasteiger partial charge in [-0.2, -0.15) is 0 Å². The minimum Gasteiger partial charge on any atom is -0.296 e. The Labute approximate surface area is 112 Å². The zero-order chi connectivity index (χ0) is 11.7. The van der Waals surface area contributed by atoms with Gasteiger partial charge >= 0.3 is 0 Å². The zero-order valence-electron chi connectivity index (χ0n) is 8.29. The van der Waals surface area contributed by atoms with E-state index in [-0.39, 0.29) is 11.8 Å². The molecule has 0 bridgehead atoms.